The number of anilines is 1. The van der Waals surface area contributed by atoms with Crippen LogP contribution in [0.2, 0.25) is 0 Å². The van der Waals surface area contributed by atoms with Gasteiger partial charge < -0.3 is 14.9 Å². The van der Waals surface area contributed by atoms with Crippen LogP contribution in [-0.4, -0.2) is 51.5 Å². The molecule has 2 saturated heterocycles. The number of phenolic OH excluding ortho intramolecular Hbond substituents is 1. The molecule has 3 aromatic rings. The predicted molar refractivity (Wildman–Crippen MR) is 138 cm³/mol. The molecule has 0 aliphatic carbocycles. The molecule has 0 bridgehead atoms. The molecule has 0 saturated carbocycles. The first-order valence-corrected chi connectivity index (χ1v) is 12.2. The summed E-state index contributed by atoms with van der Waals surface area (Å²) in [4.78, 5) is 64.3. The van der Waals surface area contributed by atoms with Crippen molar-refractivity contribution in [3.63, 3.8) is 0 Å². The number of carboxylic acid groups (broad SMARTS) is 1. The highest BCUT2D eigenvalue weighted by atomic mass is 16.6. The number of amides is 2. The van der Waals surface area contributed by atoms with Gasteiger partial charge in [-0.3, -0.25) is 29.8 Å². The number of phenols is 1. The van der Waals surface area contributed by atoms with E-state index >= 15 is 0 Å². The van der Waals surface area contributed by atoms with Gasteiger partial charge in [0.15, 0.2) is 0 Å². The van der Waals surface area contributed by atoms with Crippen molar-refractivity contribution in [2.45, 2.75) is 18.0 Å². The highest BCUT2D eigenvalue weighted by molar-refractivity contribution is 6.24. The number of carbonyl (C=O) groups excluding carboxylic acids is 3. The Morgan fingerprint density at radius 2 is 1.73 bits per heavy atom. The fraction of sp³-hybridized carbons (Fsp3) is 0.214. The van der Waals surface area contributed by atoms with Crippen molar-refractivity contribution in [2.75, 3.05) is 12.0 Å². The van der Waals surface area contributed by atoms with Crippen LogP contribution in [0, 0.1) is 22.0 Å². The van der Waals surface area contributed by atoms with Crippen LogP contribution < -0.4 is 10.2 Å². The average molecular weight is 546 g/mol. The fourth-order valence-corrected chi connectivity index (χ4v) is 5.60. The van der Waals surface area contributed by atoms with Crippen molar-refractivity contribution in [1.29, 1.82) is 0 Å². The first kappa shape index (κ1) is 26.5. The van der Waals surface area contributed by atoms with E-state index in [9.17, 15) is 39.5 Å². The quantitative estimate of drug-likeness (QED) is 0.173. The largest absolute Gasteiger partial charge is 0.508 e. The Labute approximate surface area is 226 Å². The van der Waals surface area contributed by atoms with Gasteiger partial charge in [-0.2, -0.15) is 0 Å². The third-order valence-corrected chi connectivity index (χ3v) is 7.44. The number of hydrogen-bond acceptors (Lipinski definition) is 9. The zero-order chi connectivity index (χ0) is 28.8. The number of aliphatic carboxylic acids is 1. The summed E-state index contributed by atoms with van der Waals surface area (Å²) in [5.74, 6) is -6.05. The number of nitrogens with one attached hydrogen (secondary N) is 1. The van der Waals surface area contributed by atoms with Crippen molar-refractivity contribution >= 4 is 35.1 Å². The molecule has 4 atom stereocenters. The second-order valence-electron chi connectivity index (χ2n) is 9.65. The minimum Gasteiger partial charge on any atom is -0.508 e. The van der Waals surface area contributed by atoms with Crippen LogP contribution >= 0.6 is 0 Å². The zero-order valence-electron chi connectivity index (χ0n) is 21.0. The maximum atomic E-state index is 13.9. The summed E-state index contributed by atoms with van der Waals surface area (Å²) >= 11 is 0. The van der Waals surface area contributed by atoms with E-state index in [0.717, 1.165) is 11.0 Å². The summed E-state index contributed by atoms with van der Waals surface area (Å²) in [6.45, 7) is 0. The zero-order valence-corrected chi connectivity index (χ0v) is 21.0. The minimum atomic E-state index is -1.95. The molecule has 204 valence electrons. The Kier molecular flexibility index (Phi) is 6.56. The van der Waals surface area contributed by atoms with Crippen LogP contribution in [0.5, 0.6) is 5.75 Å². The molecule has 0 radical (unpaired) electrons. The number of imide groups is 1. The summed E-state index contributed by atoms with van der Waals surface area (Å²) in [6, 6.07) is 15.9. The molecule has 40 heavy (non-hydrogen) atoms. The monoisotopic (exact) mass is 545 g/mol. The lowest BCUT2D eigenvalue weighted by molar-refractivity contribution is -0.384. The molecule has 4 unspecified atom stereocenters. The second kappa shape index (κ2) is 9.89. The number of fused-ring (bicyclic) bond motifs is 1. The van der Waals surface area contributed by atoms with E-state index in [1.807, 2.05) is 0 Å². The molecule has 12 heteroatoms. The molecule has 2 amide bonds. The number of hydrogen-bond donors (Lipinski definition) is 3. The molecule has 0 spiro atoms. The van der Waals surface area contributed by atoms with Gasteiger partial charge in [-0.05, 0) is 41.5 Å². The number of nitro benzene ring substituents is 1. The van der Waals surface area contributed by atoms with E-state index in [1.165, 1.54) is 61.7 Å². The number of esters is 1. The van der Waals surface area contributed by atoms with Gasteiger partial charge in [0.1, 0.15) is 11.3 Å². The van der Waals surface area contributed by atoms with E-state index in [4.69, 9.17) is 4.74 Å². The molecule has 12 nitrogen and oxygen atoms in total. The Hall–Kier alpha value is -5.10. The average Bonchev–Trinajstić information content (AvgIpc) is 3.43. The Morgan fingerprint density at radius 3 is 2.33 bits per heavy atom. The third-order valence-electron chi connectivity index (χ3n) is 7.44. The van der Waals surface area contributed by atoms with E-state index in [1.54, 1.807) is 12.1 Å². The highest BCUT2D eigenvalue weighted by Gasteiger charge is 2.68. The summed E-state index contributed by atoms with van der Waals surface area (Å²) in [5, 5.41) is 34.7. The predicted octanol–water partition coefficient (Wildman–Crippen LogP) is 2.60. The van der Waals surface area contributed by atoms with Crippen molar-refractivity contribution in [1.82, 2.24) is 5.32 Å². The molecular formula is C28H23N3O9. The van der Waals surface area contributed by atoms with Gasteiger partial charge in [0.2, 0.25) is 11.8 Å². The number of ether oxygens (including phenoxy) is 1. The van der Waals surface area contributed by atoms with E-state index in [-0.39, 0.29) is 29.1 Å². The number of carboxylic acids is 1. The lowest BCUT2D eigenvalue weighted by Crippen LogP contribution is -2.57. The Balaban J connectivity index is 1.64. The molecular weight excluding hydrogens is 522 g/mol. The molecule has 2 aliphatic rings. The standard InChI is InChI=1S/C28H23N3O9/c1-40-26(35)17-9-7-16(8-10-17)23-21-22(28(29-23,27(36)37)14-15-5-11-20(32)12-6-15)25(34)30(24(21)33)18-3-2-4-19(13-18)31(38)39/h2-13,21-23,29,32H,14H2,1H3,(H,36,37). The molecule has 2 heterocycles. The number of carbonyl (C=O) groups is 4. The summed E-state index contributed by atoms with van der Waals surface area (Å²) in [7, 11) is 1.23. The van der Waals surface area contributed by atoms with Crippen molar-refractivity contribution in [3.8, 4) is 5.75 Å². The lowest BCUT2D eigenvalue weighted by atomic mass is 9.76. The van der Waals surface area contributed by atoms with Crippen molar-refractivity contribution < 1.29 is 39.1 Å². The van der Waals surface area contributed by atoms with Crippen LogP contribution in [-0.2, 0) is 25.5 Å². The lowest BCUT2D eigenvalue weighted by Gasteiger charge is -2.31. The van der Waals surface area contributed by atoms with Crippen molar-refractivity contribution in [2.24, 2.45) is 11.8 Å². The van der Waals surface area contributed by atoms with Gasteiger partial charge in [0.05, 0.1) is 35.1 Å². The number of rotatable bonds is 7. The maximum Gasteiger partial charge on any atom is 0.337 e. The van der Waals surface area contributed by atoms with Crippen LogP contribution in [0.4, 0.5) is 11.4 Å². The maximum absolute atomic E-state index is 13.9. The van der Waals surface area contributed by atoms with Gasteiger partial charge >= 0.3 is 11.9 Å². The van der Waals surface area contributed by atoms with Crippen LogP contribution in [0.1, 0.15) is 27.5 Å². The SMILES string of the molecule is COC(=O)c1ccc(C2NC(Cc3ccc(O)cc3)(C(=O)O)C3C(=O)N(c4cccc([N+](=O)[O-])c4)C(=O)C23)cc1. The number of nitro groups is 1. The molecule has 5 rings (SSSR count). The first-order valence-electron chi connectivity index (χ1n) is 12.2. The van der Waals surface area contributed by atoms with Crippen molar-refractivity contribution in [3.05, 3.63) is 99.6 Å². The molecule has 0 aromatic heterocycles. The summed E-state index contributed by atoms with van der Waals surface area (Å²) in [6.07, 6.45) is -0.206. The first-order chi connectivity index (χ1) is 19.1. The van der Waals surface area contributed by atoms with Gasteiger partial charge in [-0.15, -0.1) is 0 Å². The number of benzene rings is 3. The Morgan fingerprint density at radius 1 is 1.05 bits per heavy atom. The second-order valence-corrected chi connectivity index (χ2v) is 9.65. The molecule has 2 aliphatic heterocycles. The van der Waals surface area contributed by atoms with E-state index < -0.39 is 52.1 Å². The van der Waals surface area contributed by atoms with Gasteiger partial charge in [-0.1, -0.05) is 30.3 Å². The molecule has 3 aromatic carbocycles. The minimum absolute atomic E-state index is 0.0297. The fourth-order valence-electron chi connectivity index (χ4n) is 5.60. The topological polar surface area (TPSA) is 176 Å². The van der Waals surface area contributed by atoms with Crippen LogP contribution in [0.3, 0.4) is 0 Å². The van der Waals surface area contributed by atoms with Crippen LogP contribution in [0.15, 0.2) is 72.8 Å². The molecule has 3 N–H and O–H groups in total. The highest BCUT2D eigenvalue weighted by Crippen LogP contribution is 2.51. The van der Waals surface area contributed by atoms with E-state index in [0.29, 0.717) is 11.1 Å². The molecule has 2 fully saturated rings. The smallest absolute Gasteiger partial charge is 0.337 e. The van der Waals surface area contributed by atoms with Gasteiger partial charge in [0, 0.05) is 24.6 Å². The van der Waals surface area contributed by atoms with Crippen LogP contribution in [0.25, 0.3) is 0 Å². The van der Waals surface area contributed by atoms with E-state index in [2.05, 4.69) is 5.32 Å². The summed E-state index contributed by atoms with van der Waals surface area (Å²) < 4.78 is 4.73. The number of methoxy groups -OCH3 is 1. The summed E-state index contributed by atoms with van der Waals surface area (Å²) in [5.41, 5.74) is -1.14. The number of non-ortho nitro benzene ring substituents is 1. The Bertz CT molecular complexity index is 1540. The van der Waals surface area contributed by atoms with Gasteiger partial charge in [0.25, 0.3) is 5.69 Å². The number of nitrogens with zero attached hydrogens (tertiary/aromatic N) is 2. The third kappa shape index (κ3) is 4.24. The number of aromatic hydroxyl groups is 1. The normalized spacial score (nSPS) is 23.6. The van der Waals surface area contributed by atoms with Gasteiger partial charge in [-0.25, -0.2) is 9.69 Å².